The molecule has 2 aromatic carbocycles. The summed E-state index contributed by atoms with van der Waals surface area (Å²) in [5.74, 6) is 1.47. The molecule has 0 spiro atoms. The number of anilines is 1. The molecule has 0 aliphatic heterocycles. The van der Waals surface area contributed by atoms with Crippen molar-refractivity contribution in [3.63, 3.8) is 0 Å². The second-order valence-corrected chi connectivity index (χ2v) is 5.84. The first-order valence-corrected chi connectivity index (χ1v) is 8.07. The van der Waals surface area contributed by atoms with Crippen molar-refractivity contribution in [2.75, 3.05) is 20.0 Å². The van der Waals surface area contributed by atoms with Crippen LogP contribution in [0.2, 0.25) is 0 Å². The predicted octanol–water partition coefficient (Wildman–Crippen LogP) is 4.20. The number of ether oxygens (including phenoxy) is 2. The zero-order chi connectivity index (χ0) is 18.7. The topological polar surface area (TPSA) is 81.2 Å². The Balaban J connectivity index is 2.27. The minimum Gasteiger partial charge on any atom is -0.497 e. The van der Waals surface area contributed by atoms with Crippen molar-refractivity contribution in [1.82, 2.24) is 4.98 Å². The van der Waals surface area contributed by atoms with Crippen molar-refractivity contribution in [3.8, 4) is 40.0 Å². The fourth-order valence-corrected chi connectivity index (χ4v) is 2.87. The highest BCUT2D eigenvalue weighted by Crippen LogP contribution is 2.35. The minimum atomic E-state index is 0.199. The number of pyridine rings is 1. The van der Waals surface area contributed by atoms with Crippen LogP contribution >= 0.6 is 0 Å². The van der Waals surface area contributed by atoms with Crippen LogP contribution in [-0.2, 0) is 0 Å². The molecule has 0 aliphatic carbocycles. The average molecular weight is 345 g/mol. The van der Waals surface area contributed by atoms with Gasteiger partial charge in [0.25, 0.3) is 0 Å². The number of aromatic nitrogens is 1. The molecule has 3 rings (SSSR count). The highest BCUT2D eigenvalue weighted by Gasteiger charge is 2.16. The van der Waals surface area contributed by atoms with E-state index in [0.717, 1.165) is 22.4 Å². The molecule has 5 heteroatoms. The Labute approximate surface area is 152 Å². The molecule has 0 bridgehead atoms. The minimum absolute atomic E-state index is 0.199. The molecular weight excluding hydrogens is 326 g/mol. The van der Waals surface area contributed by atoms with Crippen LogP contribution in [0, 0.1) is 18.3 Å². The van der Waals surface area contributed by atoms with Gasteiger partial charge in [-0.05, 0) is 36.2 Å². The molecule has 0 radical (unpaired) electrons. The van der Waals surface area contributed by atoms with Crippen molar-refractivity contribution in [2.24, 2.45) is 0 Å². The number of methoxy groups -OCH3 is 2. The molecule has 1 heterocycles. The second-order valence-electron chi connectivity index (χ2n) is 5.84. The SMILES string of the molecule is COc1cc(OC)cc(-c2cc(-c3ccccc3C)nc(N)c2C#N)c1. The lowest BCUT2D eigenvalue weighted by Crippen LogP contribution is -2.00. The van der Waals surface area contributed by atoms with E-state index in [0.29, 0.717) is 22.6 Å². The van der Waals surface area contributed by atoms with Crippen LogP contribution in [0.4, 0.5) is 5.82 Å². The van der Waals surface area contributed by atoms with Crippen LogP contribution in [-0.4, -0.2) is 19.2 Å². The summed E-state index contributed by atoms with van der Waals surface area (Å²) in [5, 5.41) is 9.60. The molecule has 0 atom stereocenters. The summed E-state index contributed by atoms with van der Waals surface area (Å²) >= 11 is 0. The normalized spacial score (nSPS) is 10.2. The third-order valence-electron chi connectivity index (χ3n) is 4.24. The highest BCUT2D eigenvalue weighted by atomic mass is 16.5. The summed E-state index contributed by atoms with van der Waals surface area (Å²) in [6, 6.07) is 17.4. The van der Waals surface area contributed by atoms with Gasteiger partial charge in [0.2, 0.25) is 0 Å². The third-order valence-corrected chi connectivity index (χ3v) is 4.24. The van der Waals surface area contributed by atoms with E-state index in [-0.39, 0.29) is 5.82 Å². The first-order chi connectivity index (χ1) is 12.6. The molecule has 2 N–H and O–H groups in total. The molecule has 1 aromatic heterocycles. The van der Waals surface area contributed by atoms with Gasteiger partial charge < -0.3 is 15.2 Å². The van der Waals surface area contributed by atoms with E-state index in [1.807, 2.05) is 49.4 Å². The zero-order valence-corrected chi connectivity index (χ0v) is 14.9. The van der Waals surface area contributed by atoms with Crippen LogP contribution in [0.3, 0.4) is 0 Å². The molecule has 5 nitrogen and oxygen atoms in total. The quantitative estimate of drug-likeness (QED) is 0.766. The highest BCUT2D eigenvalue weighted by molar-refractivity contribution is 5.81. The summed E-state index contributed by atoms with van der Waals surface area (Å²) in [4.78, 5) is 4.44. The number of rotatable bonds is 4. The van der Waals surface area contributed by atoms with E-state index in [4.69, 9.17) is 15.2 Å². The van der Waals surface area contributed by atoms with Crippen molar-refractivity contribution < 1.29 is 9.47 Å². The van der Waals surface area contributed by atoms with Crippen molar-refractivity contribution in [1.29, 1.82) is 5.26 Å². The Hall–Kier alpha value is -3.52. The number of nitrogens with zero attached hydrogens (tertiary/aromatic N) is 2. The maximum atomic E-state index is 9.60. The van der Waals surface area contributed by atoms with Gasteiger partial charge in [0.15, 0.2) is 0 Å². The molecule has 0 aliphatic rings. The summed E-state index contributed by atoms with van der Waals surface area (Å²) in [6.07, 6.45) is 0. The van der Waals surface area contributed by atoms with Crippen molar-refractivity contribution in [2.45, 2.75) is 6.92 Å². The Morgan fingerprint density at radius 2 is 1.62 bits per heavy atom. The van der Waals surface area contributed by atoms with Crippen LogP contribution in [0.25, 0.3) is 22.4 Å². The van der Waals surface area contributed by atoms with Crippen LogP contribution in [0.5, 0.6) is 11.5 Å². The largest absolute Gasteiger partial charge is 0.497 e. The fourth-order valence-electron chi connectivity index (χ4n) is 2.87. The number of hydrogen-bond donors (Lipinski definition) is 1. The summed E-state index contributed by atoms with van der Waals surface area (Å²) in [6.45, 7) is 2.01. The summed E-state index contributed by atoms with van der Waals surface area (Å²) < 4.78 is 10.7. The van der Waals surface area contributed by atoms with E-state index in [9.17, 15) is 5.26 Å². The molecule has 3 aromatic rings. The molecule has 0 saturated carbocycles. The molecule has 0 saturated heterocycles. The van der Waals surface area contributed by atoms with Crippen molar-refractivity contribution >= 4 is 5.82 Å². The molecule has 0 fully saturated rings. The van der Waals surface area contributed by atoms with Gasteiger partial charge in [-0.15, -0.1) is 0 Å². The molecule has 130 valence electrons. The van der Waals surface area contributed by atoms with Gasteiger partial charge in [0.1, 0.15) is 28.9 Å². The van der Waals surface area contributed by atoms with E-state index in [2.05, 4.69) is 11.1 Å². The van der Waals surface area contributed by atoms with E-state index in [1.165, 1.54) is 0 Å². The second kappa shape index (κ2) is 7.16. The monoisotopic (exact) mass is 345 g/mol. The van der Waals surface area contributed by atoms with Crippen LogP contribution in [0.15, 0.2) is 48.5 Å². The fraction of sp³-hybridized carbons (Fsp3) is 0.143. The predicted molar refractivity (Wildman–Crippen MR) is 102 cm³/mol. The molecule has 0 unspecified atom stereocenters. The summed E-state index contributed by atoms with van der Waals surface area (Å²) in [5.41, 5.74) is 10.7. The lowest BCUT2D eigenvalue weighted by Gasteiger charge is -2.13. The van der Waals surface area contributed by atoms with Crippen LogP contribution in [0.1, 0.15) is 11.1 Å². The Morgan fingerprint density at radius 1 is 0.962 bits per heavy atom. The van der Waals surface area contributed by atoms with E-state index >= 15 is 0 Å². The van der Waals surface area contributed by atoms with Gasteiger partial charge >= 0.3 is 0 Å². The van der Waals surface area contributed by atoms with Gasteiger partial charge in [0.05, 0.1) is 19.9 Å². The van der Waals surface area contributed by atoms with Gasteiger partial charge in [-0.2, -0.15) is 5.26 Å². The Bertz CT molecular complexity index is 984. The smallest absolute Gasteiger partial charge is 0.142 e. The maximum absolute atomic E-state index is 9.60. The first-order valence-electron chi connectivity index (χ1n) is 8.07. The summed E-state index contributed by atoms with van der Waals surface area (Å²) in [7, 11) is 3.17. The maximum Gasteiger partial charge on any atom is 0.142 e. The molecule has 0 amide bonds. The lowest BCUT2D eigenvalue weighted by molar-refractivity contribution is 0.394. The first kappa shape index (κ1) is 17.3. The Kier molecular flexibility index (Phi) is 4.76. The van der Waals surface area contributed by atoms with Gasteiger partial charge in [0, 0.05) is 17.2 Å². The van der Waals surface area contributed by atoms with Crippen LogP contribution < -0.4 is 15.2 Å². The molecule has 26 heavy (non-hydrogen) atoms. The van der Waals surface area contributed by atoms with Gasteiger partial charge in [-0.25, -0.2) is 4.98 Å². The van der Waals surface area contributed by atoms with E-state index in [1.54, 1.807) is 20.3 Å². The number of hydrogen-bond acceptors (Lipinski definition) is 5. The standard InChI is InChI=1S/C21H19N3O2/c1-13-6-4-5-7-17(13)20-11-18(19(12-22)21(23)24-20)14-8-15(25-2)10-16(9-14)26-3/h4-11H,1-3H3,(H2,23,24). The average Bonchev–Trinajstić information content (AvgIpc) is 2.67. The number of aryl methyl sites for hydroxylation is 1. The number of nitrogens with two attached hydrogens (primary N) is 1. The number of nitriles is 1. The van der Waals surface area contributed by atoms with Crippen molar-refractivity contribution in [3.05, 3.63) is 59.7 Å². The number of nitrogen functional groups attached to an aromatic ring is 1. The third kappa shape index (κ3) is 3.17. The molecular formula is C21H19N3O2. The zero-order valence-electron chi connectivity index (χ0n) is 14.9. The lowest BCUT2D eigenvalue weighted by atomic mass is 9.96. The van der Waals surface area contributed by atoms with E-state index < -0.39 is 0 Å². The number of benzene rings is 2. The Morgan fingerprint density at radius 3 is 2.19 bits per heavy atom. The van der Waals surface area contributed by atoms with Gasteiger partial charge in [-0.3, -0.25) is 0 Å². The van der Waals surface area contributed by atoms with Gasteiger partial charge in [-0.1, -0.05) is 24.3 Å².